The van der Waals surface area contributed by atoms with Crippen molar-refractivity contribution < 1.29 is 17.9 Å². The highest BCUT2D eigenvalue weighted by atomic mass is 35.7. The zero-order valence-corrected chi connectivity index (χ0v) is 10.00. The van der Waals surface area contributed by atoms with Gasteiger partial charge >= 0.3 is 0 Å². The lowest BCUT2D eigenvalue weighted by atomic mass is 10.2. The topological polar surface area (TPSA) is 52.6 Å². The van der Waals surface area contributed by atoms with Crippen LogP contribution in [-0.2, 0) is 18.5 Å². The molecule has 4 nitrogen and oxygen atoms in total. The highest BCUT2D eigenvalue weighted by Crippen LogP contribution is 2.25. The predicted molar refractivity (Wildman–Crippen MR) is 58.7 cm³/mol. The maximum absolute atomic E-state index is 11.2. The van der Waals surface area contributed by atoms with Crippen molar-refractivity contribution in [3.05, 3.63) is 29.8 Å². The molecular weight excluding hydrogens is 252 g/mol. The summed E-state index contributed by atoms with van der Waals surface area (Å²) in [5, 5.41) is 0. The Kier molecular flexibility index (Phi) is 3.49. The van der Waals surface area contributed by atoms with E-state index in [1.807, 2.05) is 0 Å². The van der Waals surface area contributed by atoms with Crippen molar-refractivity contribution in [2.75, 3.05) is 13.2 Å². The molecule has 1 aromatic rings. The fraction of sp³-hybridized carbons (Fsp3) is 0.400. The molecule has 0 N–H and O–H groups in total. The van der Waals surface area contributed by atoms with Crippen molar-refractivity contribution in [3.63, 3.8) is 0 Å². The van der Waals surface area contributed by atoms with E-state index in [0.717, 1.165) is 6.42 Å². The molecule has 1 aliphatic rings. The highest BCUT2D eigenvalue weighted by Gasteiger charge is 2.18. The minimum atomic E-state index is -3.70. The number of hydrogen-bond acceptors (Lipinski definition) is 4. The number of rotatable bonds is 2. The van der Waals surface area contributed by atoms with Crippen LogP contribution in [0, 0.1) is 0 Å². The Morgan fingerprint density at radius 2 is 1.94 bits per heavy atom. The Hall–Kier alpha value is -0.620. The summed E-state index contributed by atoms with van der Waals surface area (Å²) in [6.07, 6.45) is 0.358. The molecule has 1 heterocycles. The van der Waals surface area contributed by atoms with Gasteiger partial charge in [-0.05, 0) is 18.6 Å². The van der Waals surface area contributed by atoms with Gasteiger partial charge in [0.1, 0.15) is 0 Å². The third-order valence-electron chi connectivity index (χ3n) is 2.24. The molecule has 0 saturated carbocycles. The highest BCUT2D eigenvalue weighted by molar-refractivity contribution is 8.13. The van der Waals surface area contributed by atoms with Crippen molar-refractivity contribution in [2.45, 2.75) is 17.6 Å². The van der Waals surface area contributed by atoms with Gasteiger partial charge < -0.3 is 9.47 Å². The summed E-state index contributed by atoms with van der Waals surface area (Å²) in [6, 6.07) is 6.28. The molecule has 0 atom stereocenters. The van der Waals surface area contributed by atoms with E-state index in [2.05, 4.69) is 0 Å². The van der Waals surface area contributed by atoms with Gasteiger partial charge in [-0.1, -0.05) is 12.1 Å². The number of benzene rings is 1. The van der Waals surface area contributed by atoms with E-state index in [0.29, 0.717) is 18.8 Å². The van der Waals surface area contributed by atoms with E-state index >= 15 is 0 Å². The molecule has 2 rings (SSSR count). The SMILES string of the molecule is O=S(=O)(Cl)c1cccc(C2OCCCO2)c1. The van der Waals surface area contributed by atoms with E-state index in [-0.39, 0.29) is 4.90 Å². The van der Waals surface area contributed by atoms with Crippen LogP contribution in [0.1, 0.15) is 18.3 Å². The van der Waals surface area contributed by atoms with Crippen molar-refractivity contribution in [3.8, 4) is 0 Å². The van der Waals surface area contributed by atoms with Crippen LogP contribution in [0.5, 0.6) is 0 Å². The first-order valence-corrected chi connectivity index (χ1v) is 7.16. The molecule has 6 heteroatoms. The van der Waals surface area contributed by atoms with E-state index in [4.69, 9.17) is 20.2 Å². The smallest absolute Gasteiger partial charge is 0.261 e. The summed E-state index contributed by atoms with van der Waals surface area (Å²) in [5.41, 5.74) is 0.668. The first-order chi connectivity index (χ1) is 7.57. The minimum absolute atomic E-state index is 0.0597. The monoisotopic (exact) mass is 262 g/mol. The molecule has 0 aromatic heterocycles. The zero-order valence-electron chi connectivity index (χ0n) is 8.43. The average molecular weight is 263 g/mol. The van der Waals surface area contributed by atoms with Crippen LogP contribution in [0.4, 0.5) is 0 Å². The quantitative estimate of drug-likeness (QED) is 0.766. The molecule has 0 unspecified atom stereocenters. The van der Waals surface area contributed by atoms with Gasteiger partial charge in [0.25, 0.3) is 9.05 Å². The Bertz CT molecular complexity index is 465. The van der Waals surface area contributed by atoms with Gasteiger partial charge in [0, 0.05) is 16.2 Å². The second-order valence-corrected chi connectivity index (χ2v) is 6.00. The molecule has 0 spiro atoms. The molecule has 1 saturated heterocycles. The van der Waals surface area contributed by atoms with Crippen LogP contribution in [0.15, 0.2) is 29.2 Å². The fourth-order valence-corrected chi connectivity index (χ4v) is 2.30. The third-order valence-corrected chi connectivity index (χ3v) is 3.59. The molecule has 1 aliphatic heterocycles. The number of hydrogen-bond donors (Lipinski definition) is 0. The summed E-state index contributed by atoms with van der Waals surface area (Å²) in [4.78, 5) is 0.0597. The largest absolute Gasteiger partial charge is 0.348 e. The Morgan fingerprint density at radius 3 is 2.56 bits per heavy atom. The first kappa shape index (κ1) is 11.9. The normalized spacial score (nSPS) is 18.6. The van der Waals surface area contributed by atoms with Crippen LogP contribution < -0.4 is 0 Å². The molecular formula is C10H11ClO4S. The second-order valence-electron chi connectivity index (χ2n) is 3.44. The zero-order chi connectivity index (χ0) is 11.6. The molecule has 0 amide bonds. The van der Waals surface area contributed by atoms with Crippen LogP contribution in [0.2, 0.25) is 0 Å². The number of halogens is 1. The van der Waals surface area contributed by atoms with E-state index in [9.17, 15) is 8.42 Å². The maximum Gasteiger partial charge on any atom is 0.261 e. The van der Waals surface area contributed by atoms with Crippen molar-refractivity contribution >= 4 is 19.7 Å². The van der Waals surface area contributed by atoms with Gasteiger partial charge in [-0.25, -0.2) is 8.42 Å². The van der Waals surface area contributed by atoms with E-state index < -0.39 is 15.3 Å². The Morgan fingerprint density at radius 1 is 1.25 bits per heavy atom. The molecule has 0 radical (unpaired) electrons. The van der Waals surface area contributed by atoms with Gasteiger partial charge in [-0.15, -0.1) is 0 Å². The first-order valence-electron chi connectivity index (χ1n) is 4.85. The molecule has 1 aromatic carbocycles. The molecule has 0 bridgehead atoms. The summed E-state index contributed by atoms with van der Waals surface area (Å²) >= 11 is 0. The van der Waals surface area contributed by atoms with Crippen LogP contribution >= 0.6 is 10.7 Å². The number of ether oxygens (including phenoxy) is 2. The lowest BCUT2D eigenvalue weighted by molar-refractivity contribution is -0.183. The van der Waals surface area contributed by atoms with Crippen molar-refractivity contribution in [1.29, 1.82) is 0 Å². The lowest BCUT2D eigenvalue weighted by Gasteiger charge is -2.23. The lowest BCUT2D eigenvalue weighted by Crippen LogP contribution is -2.17. The van der Waals surface area contributed by atoms with Gasteiger partial charge in [0.15, 0.2) is 6.29 Å². The van der Waals surface area contributed by atoms with Crippen molar-refractivity contribution in [2.24, 2.45) is 0 Å². The average Bonchev–Trinajstić information content (AvgIpc) is 2.29. The fourth-order valence-electron chi connectivity index (χ4n) is 1.49. The van der Waals surface area contributed by atoms with Crippen LogP contribution in [0.3, 0.4) is 0 Å². The summed E-state index contributed by atoms with van der Waals surface area (Å²) in [5.74, 6) is 0. The van der Waals surface area contributed by atoms with Gasteiger partial charge in [-0.2, -0.15) is 0 Å². The molecule has 0 aliphatic carbocycles. The molecule has 88 valence electrons. The minimum Gasteiger partial charge on any atom is -0.348 e. The second kappa shape index (κ2) is 4.71. The molecule has 16 heavy (non-hydrogen) atoms. The maximum atomic E-state index is 11.2. The van der Waals surface area contributed by atoms with Crippen molar-refractivity contribution in [1.82, 2.24) is 0 Å². The Labute approximate surface area is 98.5 Å². The summed E-state index contributed by atoms with van der Waals surface area (Å²) in [7, 11) is 1.56. The van der Waals surface area contributed by atoms with Gasteiger partial charge in [-0.3, -0.25) is 0 Å². The Balaban J connectivity index is 2.28. The summed E-state index contributed by atoms with van der Waals surface area (Å²) < 4.78 is 33.0. The van der Waals surface area contributed by atoms with E-state index in [1.54, 1.807) is 12.1 Å². The van der Waals surface area contributed by atoms with Gasteiger partial charge in [0.05, 0.1) is 18.1 Å². The third kappa shape index (κ3) is 2.74. The predicted octanol–water partition coefficient (Wildman–Crippen LogP) is 2.05. The standard InChI is InChI=1S/C10H11ClO4S/c11-16(12,13)9-4-1-3-8(7-9)10-14-5-2-6-15-10/h1,3-4,7,10H,2,5-6H2. The van der Waals surface area contributed by atoms with Crippen LogP contribution in [-0.4, -0.2) is 21.6 Å². The molecule has 1 fully saturated rings. The van der Waals surface area contributed by atoms with Gasteiger partial charge in [0.2, 0.25) is 0 Å². The van der Waals surface area contributed by atoms with Crippen LogP contribution in [0.25, 0.3) is 0 Å². The van der Waals surface area contributed by atoms with E-state index in [1.165, 1.54) is 12.1 Å². The summed E-state index contributed by atoms with van der Waals surface area (Å²) in [6.45, 7) is 1.23.